The molecule has 0 saturated carbocycles. The van der Waals surface area contributed by atoms with Gasteiger partial charge in [0.2, 0.25) is 0 Å². The highest BCUT2D eigenvalue weighted by atomic mass is 35.5. The first-order valence-electron chi connectivity index (χ1n) is 10.9. The van der Waals surface area contributed by atoms with E-state index in [4.69, 9.17) is 16.7 Å². The summed E-state index contributed by atoms with van der Waals surface area (Å²) in [4.78, 5) is 17.7. The predicted octanol–water partition coefficient (Wildman–Crippen LogP) is 5.69. The van der Waals surface area contributed by atoms with Crippen LogP contribution in [0.3, 0.4) is 0 Å². The van der Waals surface area contributed by atoms with E-state index in [1.165, 1.54) is 0 Å². The van der Waals surface area contributed by atoms with Gasteiger partial charge in [-0.05, 0) is 56.2 Å². The number of aryl methyl sites for hydroxylation is 1. The van der Waals surface area contributed by atoms with Crippen molar-refractivity contribution >= 4 is 39.0 Å². The molecule has 9 heteroatoms. The molecule has 3 heterocycles. The Kier molecular flexibility index (Phi) is 5.64. The van der Waals surface area contributed by atoms with E-state index in [0.29, 0.717) is 34.3 Å². The van der Waals surface area contributed by atoms with Crippen molar-refractivity contribution in [3.63, 3.8) is 0 Å². The van der Waals surface area contributed by atoms with Gasteiger partial charge < -0.3 is 5.32 Å². The fourth-order valence-corrected chi connectivity index (χ4v) is 6.74. The molecule has 1 aliphatic heterocycles. The van der Waals surface area contributed by atoms with E-state index in [1.807, 2.05) is 56.3 Å². The first-order chi connectivity index (χ1) is 16.1. The Morgan fingerprint density at radius 1 is 1.18 bits per heavy atom. The lowest BCUT2D eigenvalue weighted by atomic mass is 10.0. The summed E-state index contributed by atoms with van der Waals surface area (Å²) < 4.78 is 21.8. The second kappa shape index (κ2) is 8.39. The number of halogens is 1. The van der Waals surface area contributed by atoms with Gasteiger partial charge in [-0.3, -0.25) is 13.9 Å². The lowest BCUT2D eigenvalue weighted by Crippen LogP contribution is -2.46. The van der Waals surface area contributed by atoms with Crippen molar-refractivity contribution in [2.75, 3.05) is 11.5 Å². The Morgan fingerprint density at radius 2 is 1.97 bits per heavy atom. The molecule has 5 rings (SSSR count). The van der Waals surface area contributed by atoms with Gasteiger partial charge in [-0.2, -0.15) is 15.7 Å². The molecule has 1 atom stereocenters. The van der Waals surface area contributed by atoms with Gasteiger partial charge in [0, 0.05) is 28.5 Å². The maximum atomic E-state index is 13.2. The first kappa shape index (κ1) is 22.9. The zero-order chi connectivity index (χ0) is 24.1. The smallest absolute Gasteiger partial charge is 0.251 e. The molecule has 1 fully saturated rings. The molecular formula is C25H25ClN4O3S. The van der Waals surface area contributed by atoms with Gasteiger partial charge in [-0.25, -0.2) is 9.67 Å². The number of fused-ring (bicyclic) bond motifs is 1. The normalized spacial score (nSPS) is 20.4. The maximum Gasteiger partial charge on any atom is 0.251 e. The SMILES string of the molecule is Cc1ccc(-n2nc(-c3ccccc3Cl)c3ccc(C(=O)NC4(C)CCS(O)(O)C4)cc32)nc1. The summed E-state index contributed by atoms with van der Waals surface area (Å²) in [6, 6.07) is 16.8. The van der Waals surface area contributed by atoms with E-state index in [1.54, 1.807) is 23.0 Å². The Hall–Kier alpha value is -2.91. The highest BCUT2D eigenvalue weighted by molar-refractivity contribution is 8.24. The standard InChI is InChI=1S/C25H25ClN4O3S/c1-16-7-10-22(27-14-16)30-21-13-17(24(31)28-25(2)11-12-34(32,33)15-25)8-9-19(21)23(29-30)18-5-3-4-6-20(18)26/h3-10,13-14,32-33H,11-12,15H2,1-2H3,(H,28,31). The lowest BCUT2D eigenvalue weighted by molar-refractivity contribution is 0.0915. The summed E-state index contributed by atoms with van der Waals surface area (Å²) in [7, 11) is -2.64. The third kappa shape index (κ3) is 4.30. The van der Waals surface area contributed by atoms with E-state index in [9.17, 15) is 13.9 Å². The molecule has 4 aromatic rings. The van der Waals surface area contributed by atoms with Crippen LogP contribution in [0.4, 0.5) is 0 Å². The first-order valence-corrected chi connectivity index (χ1v) is 13.2. The number of rotatable bonds is 4. The van der Waals surface area contributed by atoms with Crippen molar-refractivity contribution in [3.8, 4) is 17.1 Å². The van der Waals surface area contributed by atoms with Crippen molar-refractivity contribution in [1.29, 1.82) is 0 Å². The number of carbonyl (C=O) groups is 1. The van der Waals surface area contributed by atoms with E-state index in [-0.39, 0.29) is 11.7 Å². The van der Waals surface area contributed by atoms with Crippen LogP contribution in [0, 0.1) is 6.92 Å². The molecule has 34 heavy (non-hydrogen) atoms. The third-order valence-electron chi connectivity index (χ3n) is 6.13. The van der Waals surface area contributed by atoms with Gasteiger partial charge in [-0.1, -0.05) is 35.9 Å². The maximum absolute atomic E-state index is 13.2. The zero-order valence-corrected chi connectivity index (χ0v) is 20.4. The Morgan fingerprint density at radius 3 is 2.65 bits per heavy atom. The summed E-state index contributed by atoms with van der Waals surface area (Å²) in [6.07, 6.45) is 2.29. The number of carbonyl (C=O) groups excluding carboxylic acids is 1. The minimum atomic E-state index is -2.64. The van der Waals surface area contributed by atoms with Crippen LogP contribution in [0.1, 0.15) is 29.3 Å². The van der Waals surface area contributed by atoms with Gasteiger partial charge in [0.05, 0.1) is 21.8 Å². The van der Waals surface area contributed by atoms with Gasteiger partial charge in [0.15, 0.2) is 5.82 Å². The van der Waals surface area contributed by atoms with Crippen LogP contribution in [-0.4, -0.2) is 46.8 Å². The summed E-state index contributed by atoms with van der Waals surface area (Å²) in [5.74, 6) is 0.819. The van der Waals surface area contributed by atoms with Crippen LogP contribution in [0.25, 0.3) is 28.0 Å². The van der Waals surface area contributed by atoms with Gasteiger partial charge >= 0.3 is 0 Å². The van der Waals surface area contributed by atoms with Crippen molar-refractivity contribution in [1.82, 2.24) is 20.1 Å². The van der Waals surface area contributed by atoms with Crippen LogP contribution in [0.15, 0.2) is 60.8 Å². The molecule has 0 aliphatic carbocycles. The molecule has 2 aromatic heterocycles. The topological polar surface area (TPSA) is 100 Å². The van der Waals surface area contributed by atoms with Gasteiger partial charge in [0.1, 0.15) is 5.69 Å². The largest absolute Gasteiger partial charge is 0.345 e. The highest BCUT2D eigenvalue weighted by Crippen LogP contribution is 2.50. The Bertz CT molecular complexity index is 1400. The zero-order valence-electron chi connectivity index (χ0n) is 18.8. The monoisotopic (exact) mass is 496 g/mol. The number of amides is 1. The molecule has 0 spiro atoms. The molecule has 1 aliphatic rings. The second-order valence-electron chi connectivity index (χ2n) is 9.08. The van der Waals surface area contributed by atoms with E-state index >= 15 is 0 Å². The fourth-order valence-electron chi connectivity index (χ4n) is 4.36. The van der Waals surface area contributed by atoms with E-state index < -0.39 is 16.1 Å². The molecule has 2 aromatic carbocycles. The average Bonchev–Trinajstić information content (AvgIpc) is 3.30. The average molecular weight is 497 g/mol. The summed E-state index contributed by atoms with van der Waals surface area (Å²) >= 11 is 6.48. The van der Waals surface area contributed by atoms with Crippen molar-refractivity contribution in [3.05, 3.63) is 76.9 Å². The van der Waals surface area contributed by atoms with Crippen LogP contribution in [0.5, 0.6) is 0 Å². The molecule has 176 valence electrons. The minimum Gasteiger partial charge on any atom is -0.345 e. The van der Waals surface area contributed by atoms with Crippen LogP contribution in [0.2, 0.25) is 5.02 Å². The summed E-state index contributed by atoms with van der Waals surface area (Å²) in [5.41, 5.74) is 3.04. The van der Waals surface area contributed by atoms with Crippen molar-refractivity contribution in [2.24, 2.45) is 0 Å². The van der Waals surface area contributed by atoms with Crippen molar-refractivity contribution < 1.29 is 13.9 Å². The Labute approximate surface area is 204 Å². The van der Waals surface area contributed by atoms with Crippen LogP contribution < -0.4 is 5.32 Å². The molecule has 1 amide bonds. The number of hydrogen-bond acceptors (Lipinski definition) is 5. The number of aromatic nitrogens is 3. The molecule has 0 bridgehead atoms. The fraction of sp³-hybridized carbons (Fsp3) is 0.240. The number of hydrogen-bond donors (Lipinski definition) is 3. The number of benzene rings is 2. The van der Waals surface area contributed by atoms with Gasteiger partial charge in [0.25, 0.3) is 5.91 Å². The summed E-state index contributed by atoms with van der Waals surface area (Å²) in [6.45, 7) is 3.81. The van der Waals surface area contributed by atoms with Crippen LogP contribution in [-0.2, 0) is 0 Å². The van der Waals surface area contributed by atoms with Crippen LogP contribution >= 0.6 is 22.2 Å². The molecule has 7 nitrogen and oxygen atoms in total. The molecule has 3 N–H and O–H groups in total. The highest BCUT2D eigenvalue weighted by Gasteiger charge is 2.39. The molecule has 1 saturated heterocycles. The summed E-state index contributed by atoms with van der Waals surface area (Å²) in [5, 5.41) is 9.26. The number of pyridine rings is 1. The van der Waals surface area contributed by atoms with Crippen molar-refractivity contribution in [2.45, 2.75) is 25.8 Å². The number of nitrogens with zero attached hydrogens (tertiary/aromatic N) is 3. The molecule has 0 radical (unpaired) electrons. The third-order valence-corrected chi connectivity index (χ3v) is 8.42. The minimum absolute atomic E-state index is 0.163. The molecular weight excluding hydrogens is 472 g/mol. The number of nitrogens with one attached hydrogen (secondary N) is 1. The lowest BCUT2D eigenvalue weighted by Gasteiger charge is -2.30. The predicted molar refractivity (Wildman–Crippen MR) is 137 cm³/mol. The molecule has 1 unspecified atom stereocenters. The Balaban J connectivity index is 1.60. The van der Waals surface area contributed by atoms with Gasteiger partial charge in [-0.15, -0.1) is 0 Å². The van der Waals surface area contributed by atoms with E-state index in [2.05, 4.69) is 10.3 Å². The second-order valence-corrected chi connectivity index (χ2v) is 11.8. The van der Waals surface area contributed by atoms with E-state index in [0.717, 1.165) is 22.0 Å². The quantitative estimate of drug-likeness (QED) is 0.337.